The van der Waals surface area contributed by atoms with Crippen molar-refractivity contribution in [2.45, 2.75) is 38.8 Å². The summed E-state index contributed by atoms with van der Waals surface area (Å²) in [6, 6.07) is 3.05. The molecule has 4 nitrogen and oxygen atoms in total. The summed E-state index contributed by atoms with van der Waals surface area (Å²) in [6.07, 6.45) is 0.893. The summed E-state index contributed by atoms with van der Waals surface area (Å²) in [4.78, 5) is 4.81. The fourth-order valence-corrected chi connectivity index (χ4v) is 2.86. The SMILES string of the molecule is CCNC(C)(C#N)CCN1CC(C)C(N(C)C)C1. The van der Waals surface area contributed by atoms with Crippen molar-refractivity contribution in [3.05, 3.63) is 0 Å². The molecule has 0 aromatic carbocycles. The average molecular weight is 252 g/mol. The average Bonchev–Trinajstić information content (AvgIpc) is 2.69. The van der Waals surface area contributed by atoms with Gasteiger partial charge in [0.2, 0.25) is 0 Å². The summed E-state index contributed by atoms with van der Waals surface area (Å²) in [5, 5.41) is 12.5. The summed E-state index contributed by atoms with van der Waals surface area (Å²) in [6.45, 7) is 10.5. The molecule has 104 valence electrons. The molecule has 0 radical (unpaired) electrons. The van der Waals surface area contributed by atoms with Gasteiger partial charge < -0.3 is 9.80 Å². The lowest BCUT2D eigenvalue weighted by atomic mass is 9.99. The Morgan fingerprint density at radius 3 is 2.56 bits per heavy atom. The molecule has 0 aromatic rings. The van der Waals surface area contributed by atoms with Crippen molar-refractivity contribution in [3.8, 4) is 6.07 Å². The minimum absolute atomic E-state index is 0.381. The van der Waals surface area contributed by atoms with Gasteiger partial charge in [-0.1, -0.05) is 13.8 Å². The van der Waals surface area contributed by atoms with Crippen LogP contribution in [0.5, 0.6) is 0 Å². The molecule has 18 heavy (non-hydrogen) atoms. The van der Waals surface area contributed by atoms with Gasteiger partial charge in [-0.25, -0.2) is 0 Å². The molecule has 0 amide bonds. The predicted octanol–water partition coefficient (Wildman–Crippen LogP) is 1.15. The van der Waals surface area contributed by atoms with Crippen LogP contribution in [-0.2, 0) is 0 Å². The second kappa shape index (κ2) is 6.51. The number of rotatable bonds is 6. The summed E-state index contributed by atoms with van der Waals surface area (Å²) in [5.74, 6) is 0.715. The maximum atomic E-state index is 9.24. The van der Waals surface area contributed by atoms with E-state index in [4.69, 9.17) is 0 Å². The van der Waals surface area contributed by atoms with Crippen LogP contribution in [0.3, 0.4) is 0 Å². The molecule has 0 aliphatic carbocycles. The van der Waals surface area contributed by atoms with Crippen LogP contribution >= 0.6 is 0 Å². The third-order valence-corrected chi connectivity index (χ3v) is 4.05. The first-order valence-corrected chi connectivity index (χ1v) is 6.97. The molecule has 0 bridgehead atoms. The smallest absolute Gasteiger partial charge is 0.105 e. The monoisotopic (exact) mass is 252 g/mol. The Morgan fingerprint density at radius 2 is 2.11 bits per heavy atom. The van der Waals surface area contributed by atoms with E-state index in [0.717, 1.165) is 32.6 Å². The first-order valence-electron chi connectivity index (χ1n) is 6.97. The lowest BCUT2D eigenvalue weighted by Crippen LogP contribution is -2.43. The second-order valence-corrected chi connectivity index (χ2v) is 5.99. The molecule has 1 fully saturated rings. The van der Waals surface area contributed by atoms with E-state index in [1.54, 1.807) is 0 Å². The van der Waals surface area contributed by atoms with E-state index in [1.807, 2.05) is 6.92 Å². The van der Waals surface area contributed by atoms with E-state index in [1.165, 1.54) is 0 Å². The number of hydrogen-bond donors (Lipinski definition) is 1. The molecule has 4 heteroatoms. The number of hydrogen-bond acceptors (Lipinski definition) is 4. The van der Waals surface area contributed by atoms with Gasteiger partial charge in [-0.05, 0) is 39.9 Å². The quantitative estimate of drug-likeness (QED) is 0.770. The Hall–Kier alpha value is -0.630. The highest BCUT2D eigenvalue weighted by atomic mass is 15.2. The van der Waals surface area contributed by atoms with Crippen LogP contribution in [0, 0.1) is 17.2 Å². The Balaban J connectivity index is 2.44. The Labute approximate surface area is 112 Å². The van der Waals surface area contributed by atoms with Crippen LogP contribution in [0.1, 0.15) is 27.2 Å². The van der Waals surface area contributed by atoms with Crippen LogP contribution < -0.4 is 5.32 Å². The normalized spacial score (nSPS) is 28.3. The fourth-order valence-electron chi connectivity index (χ4n) is 2.86. The molecule has 1 aliphatic rings. The molecule has 0 spiro atoms. The minimum Gasteiger partial charge on any atom is -0.305 e. The van der Waals surface area contributed by atoms with E-state index in [0.29, 0.717) is 12.0 Å². The number of nitrogens with zero attached hydrogens (tertiary/aromatic N) is 3. The topological polar surface area (TPSA) is 42.3 Å². The first-order chi connectivity index (χ1) is 8.41. The molecule has 1 heterocycles. The Bertz CT molecular complexity index is 297. The van der Waals surface area contributed by atoms with Gasteiger partial charge in [0, 0.05) is 25.7 Å². The zero-order valence-corrected chi connectivity index (χ0v) is 12.5. The van der Waals surface area contributed by atoms with E-state index in [9.17, 15) is 5.26 Å². The van der Waals surface area contributed by atoms with Crippen molar-refractivity contribution < 1.29 is 0 Å². The van der Waals surface area contributed by atoms with Crippen molar-refractivity contribution in [3.63, 3.8) is 0 Å². The highest BCUT2D eigenvalue weighted by Gasteiger charge is 2.32. The lowest BCUT2D eigenvalue weighted by molar-refractivity contribution is 0.244. The van der Waals surface area contributed by atoms with Crippen LogP contribution in [0.15, 0.2) is 0 Å². The van der Waals surface area contributed by atoms with Gasteiger partial charge in [0.05, 0.1) is 6.07 Å². The van der Waals surface area contributed by atoms with Gasteiger partial charge in [0.1, 0.15) is 5.54 Å². The van der Waals surface area contributed by atoms with Gasteiger partial charge in [-0.3, -0.25) is 5.32 Å². The van der Waals surface area contributed by atoms with Crippen molar-refractivity contribution >= 4 is 0 Å². The van der Waals surface area contributed by atoms with Crippen LogP contribution in [0.25, 0.3) is 0 Å². The molecular formula is C14H28N4. The molecule has 3 atom stereocenters. The summed E-state index contributed by atoms with van der Waals surface area (Å²) >= 11 is 0. The van der Waals surface area contributed by atoms with E-state index < -0.39 is 0 Å². The predicted molar refractivity (Wildman–Crippen MR) is 75.4 cm³/mol. The maximum absolute atomic E-state index is 9.24. The van der Waals surface area contributed by atoms with Crippen molar-refractivity contribution in [2.75, 3.05) is 40.3 Å². The largest absolute Gasteiger partial charge is 0.305 e. The lowest BCUT2D eigenvalue weighted by Gasteiger charge is -2.26. The molecule has 0 saturated carbocycles. The Morgan fingerprint density at radius 1 is 1.44 bits per heavy atom. The molecule has 3 unspecified atom stereocenters. The summed E-state index contributed by atoms with van der Waals surface area (Å²) in [7, 11) is 4.31. The molecule has 1 N–H and O–H groups in total. The standard InChI is InChI=1S/C14H28N4/c1-6-16-14(3,11-15)7-8-18-9-12(2)13(10-18)17(4)5/h12-13,16H,6-10H2,1-5H3. The molecule has 1 aliphatic heterocycles. The van der Waals surface area contributed by atoms with Gasteiger partial charge in [0.15, 0.2) is 0 Å². The minimum atomic E-state index is -0.381. The number of nitrogens with one attached hydrogen (secondary N) is 1. The van der Waals surface area contributed by atoms with Crippen LogP contribution in [0.4, 0.5) is 0 Å². The number of likely N-dealkylation sites (N-methyl/N-ethyl adjacent to an activating group) is 1. The highest BCUT2D eigenvalue weighted by Crippen LogP contribution is 2.21. The fraction of sp³-hybridized carbons (Fsp3) is 0.929. The van der Waals surface area contributed by atoms with Crippen molar-refractivity contribution in [2.24, 2.45) is 5.92 Å². The van der Waals surface area contributed by atoms with Gasteiger partial charge in [-0.2, -0.15) is 5.26 Å². The zero-order chi connectivity index (χ0) is 13.8. The van der Waals surface area contributed by atoms with E-state index in [-0.39, 0.29) is 5.54 Å². The number of nitriles is 1. The zero-order valence-electron chi connectivity index (χ0n) is 12.5. The number of likely N-dealkylation sites (tertiary alicyclic amines) is 1. The highest BCUT2D eigenvalue weighted by molar-refractivity contribution is 5.04. The second-order valence-electron chi connectivity index (χ2n) is 5.99. The van der Waals surface area contributed by atoms with Crippen molar-refractivity contribution in [1.82, 2.24) is 15.1 Å². The molecule has 0 aromatic heterocycles. The molecular weight excluding hydrogens is 224 g/mol. The first kappa shape index (κ1) is 15.4. The van der Waals surface area contributed by atoms with E-state index >= 15 is 0 Å². The van der Waals surface area contributed by atoms with Gasteiger partial charge in [-0.15, -0.1) is 0 Å². The van der Waals surface area contributed by atoms with Crippen LogP contribution in [0.2, 0.25) is 0 Å². The van der Waals surface area contributed by atoms with Crippen LogP contribution in [-0.4, -0.2) is 61.7 Å². The van der Waals surface area contributed by atoms with E-state index in [2.05, 4.69) is 49.1 Å². The summed E-state index contributed by atoms with van der Waals surface area (Å²) < 4.78 is 0. The summed E-state index contributed by atoms with van der Waals surface area (Å²) in [5.41, 5.74) is -0.381. The Kier molecular flexibility index (Phi) is 5.58. The van der Waals surface area contributed by atoms with Gasteiger partial charge in [0.25, 0.3) is 0 Å². The molecule has 1 saturated heterocycles. The molecule has 1 rings (SSSR count). The third kappa shape index (κ3) is 3.94. The van der Waals surface area contributed by atoms with Crippen molar-refractivity contribution in [1.29, 1.82) is 5.26 Å². The van der Waals surface area contributed by atoms with Gasteiger partial charge >= 0.3 is 0 Å². The maximum Gasteiger partial charge on any atom is 0.105 e. The third-order valence-electron chi connectivity index (χ3n) is 4.05.